The first-order valence-electron chi connectivity index (χ1n) is 10.2. The van der Waals surface area contributed by atoms with Crippen LogP contribution in [0.1, 0.15) is 30.7 Å². The highest BCUT2D eigenvalue weighted by Crippen LogP contribution is 2.28. The van der Waals surface area contributed by atoms with Crippen molar-refractivity contribution in [3.05, 3.63) is 54.1 Å². The van der Waals surface area contributed by atoms with Crippen LogP contribution in [0.4, 0.5) is 0 Å². The summed E-state index contributed by atoms with van der Waals surface area (Å²) in [5.74, 6) is 1.77. The van der Waals surface area contributed by atoms with Crippen LogP contribution >= 0.6 is 0 Å². The molecule has 0 saturated carbocycles. The van der Waals surface area contributed by atoms with Gasteiger partial charge in [0.15, 0.2) is 0 Å². The van der Waals surface area contributed by atoms with Gasteiger partial charge < -0.3 is 14.4 Å². The normalized spacial score (nSPS) is 22.8. The molecule has 0 aliphatic carbocycles. The van der Waals surface area contributed by atoms with Crippen molar-refractivity contribution in [2.24, 2.45) is 5.92 Å². The second kappa shape index (κ2) is 8.26. The van der Waals surface area contributed by atoms with Crippen LogP contribution < -0.4 is 0 Å². The quantitative estimate of drug-likeness (QED) is 0.789. The molecule has 3 aliphatic rings. The number of piperidine rings is 1. The lowest BCUT2D eigenvalue weighted by molar-refractivity contribution is -0.136. The minimum atomic E-state index is 0.247. The first kappa shape index (κ1) is 18.2. The molecule has 2 atom stereocenters. The molecule has 0 N–H and O–H groups in total. The zero-order valence-corrected chi connectivity index (χ0v) is 16.3. The standard InChI is InChI=1S/C22H30N4O/c1-18-23-11-13-25(18)17-22(27)26-15-20-9-10-21(26)16-24(14-20)12-5-8-19-6-3-2-4-7-19/h2-4,6-7,11,13,20-21H,5,8-10,12,14-17H2,1H3/t20-,21+/m1/s1. The van der Waals surface area contributed by atoms with E-state index in [0.717, 1.165) is 44.8 Å². The van der Waals surface area contributed by atoms with Crippen molar-refractivity contribution in [2.75, 3.05) is 26.2 Å². The van der Waals surface area contributed by atoms with E-state index in [2.05, 4.69) is 45.1 Å². The lowest BCUT2D eigenvalue weighted by atomic mass is 9.95. The topological polar surface area (TPSA) is 41.4 Å². The van der Waals surface area contributed by atoms with Gasteiger partial charge in [-0.05, 0) is 50.6 Å². The fourth-order valence-electron chi connectivity index (χ4n) is 4.63. The molecule has 27 heavy (non-hydrogen) atoms. The molecule has 5 heteroatoms. The average molecular weight is 367 g/mol. The molecule has 2 bridgehead atoms. The highest BCUT2D eigenvalue weighted by molar-refractivity contribution is 5.76. The lowest BCUT2D eigenvalue weighted by Gasteiger charge is -2.36. The van der Waals surface area contributed by atoms with Crippen LogP contribution in [0.15, 0.2) is 42.7 Å². The first-order valence-corrected chi connectivity index (χ1v) is 10.2. The molecule has 5 rings (SSSR count). The number of rotatable bonds is 6. The Kier molecular flexibility index (Phi) is 5.58. The van der Waals surface area contributed by atoms with Gasteiger partial charge in [-0.15, -0.1) is 0 Å². The Bertz CT molecular complexity index is 757. The molecule has 3 aliphatic heterocycles. The highest BCUT2D eigenvalue weighted by atomic mass is 16.2. The summed E-state index contributed by atoms with van der Waals surface area (Å²) in [6, 6.07) is 11.1. The van der Waals surface area contributed by atoms with Gasteiger partial charge in [-0.25, -0.2) is 4.98 Å². The maximum absolute atomic E-state index is 12.9. The van der Waals surface area contributed by atoms with Crippen molar-refractivity contribution >= 4 is 5.91 Å². The van der Waals surface area contributed by atoms with Crippen molar-refractivity contribution in [3.8, 4) is 0 Å². The number of fused-ring (bicyclic) bond motifs is 4. The molecular formula is C22H30N4O. The SMILES string of the molecule is Cc1nccn1CC(=O)N1C[C@@H]2CC[C@H]1CN(CCCc1ccccc1)C2. The van der Waals surface area contributed by atoms with E-state index >= 15 is 0 Å². The Morgan fingerprint density at radius 3 is 2.78 bits per heavy atom. The average Bonchev–Trinajstić information content (AvgIpc) is 2.89. The van der Waals surface area contributed by atoms with Crippen LogP contribution in [0.2, 0.25) is 0 Å². The molecule has 3 saturated heterocycles. The number of hydrogen-bond donors (Lipinski definition) is 0. The fourth-order valence-corrected chi connectivity index (χ4v) is 4.63. The number of carbonyl (C=O) groups is 1. The minimum Gasteiger partial charge on any atom is -0.337 e. The Morgan fingerprint density at radius 2 is 2.00 bits per heavy atom. The van der Waals surface area contributed by atoms with Gasteiger partial charge in [0.25, 0.3) is 0 Å². The molecule has 3 fully saturated rings. The van der Waals surface area contributed by atoms with E-state index in [4.69, 9.17) is 0 Å². The van der Waals surface area contributed by atoms with E-state index in [9.17, 15) is 4.79 Å². The Hall–Kier alpha value is -2.14. The first-order chi connectivity index (χ1) is 13.2. The predicted molar refractivity (Wildman–Crippen MR) is 106 cm³/mol. The zero-order valence-electron chi connectivity index (χ0n) is 16.3. The van der Waals surface area contributed by atoms with Gasteiger partial charge in [-0.3, -0.25) is 4.79 Å². The van der Waals surface area contributed by atoms with Crippen molar-refractivity contribution in [2.45, 2.75) is 45.2 Å². The summed E-state index contributed by atoms with van der Waals surface area (Å²) in [7, 11) is 0. The number of benzene rings is 1. The van der Waals surface area contributed by atoms with Crippen LogP contribution in [0.25, 0.3) is 0 Å². The van der Waals surface area contributed by atoms with E-state index in [1.165, 1.54) is 18.4 Å². The van der Waals surface area contributed by atoms with E-state index < -0.39 is 0 Å². The summed E-state index contributed by atoms with van der Waals surface area (Å²) in [4.78, 5) is 21.9. The summed E-state index contributed by atoms with van der Waals surface area (Å²) < 4.78 is 1.96. The number of amides is 1. The van der Waals surface area contributed by atoms with Crippen LogP contribution in [-0.4, -0.2) is 57.5 Å². The van der Waals surface area contributed by atoms with Gasteiger partial charge >= 0.3 is 0 Å². The molecule has 0 spiro atoms. The summed E-state index contributed by atoms with van der Waals surface area (Å²) in [5.41, 5.74) is 1.42. The smallest absolute Gasteiger partial charge is 0.242 e. The Labute approximate surface area is 162 Å². The number of aromatic nitrogens is 2. The van der Waals surface area contributed by atoms with Crippen LogP contribution in [0.3, 0.4) is 0 Å². The fraction of sp³-hybridized carbons (Fsp3) is 0.545. The number of hydrogen-bond acceptors (Lipinski definition) is 3. The summed E-state index contributed by atoms with van der Waals surface area (Å²) in [6.45, 7) is 6.59. The molecule has 4 heterocycles. The summed E-state index contributed by atoms with van der Waals surface area (Å²) in [6.07, 6.45) is 8.40. The molecule has 1 aromatic heterocycles. The highest BCUT2D eigenvalue weighted by Gasteiger charge is 2.36. The Balaban J connectivity index is 1.33. The third-order valence-electron chi connectivity index (χ3n) is 6.12. The molecule has 2 aromatic rings. The van der Waals surface area contributed by atoms with E-state index in [1.54, 1.807) is 6.20 Å². The summed E-state index contributed by atoms with van der Waals surface area (Å²) >= 11 is 0. The predicted octanol–water partition coefficient (Wildman–Crippen LogP) is 2.75. The zero-order chi connectivity index (χ0) is 18.6. The maximum atomic E-state index is 12.9. The van der Waals surface area contributed by atoms with Gasteiger partial charge in [-0.1, -0.05) is 30.3 Å². The molecule has 0 radical (unpaired) electrons. The molecule has 0 unspecified atom stereocenters. The number of carbonyl (C=O) groups excluding carboxylic acids is 1. The molecule has 144 valence electrons. The van der Waals surface area contributed by atoms with E-state index in [1.807, 2.05) is 17.7 Å². The van der Waals surface area contributed by atoms with E-state index in [-0.39, 0.29) is 5.91 Å². The largest absolute Gasteiger partial charge is 0.337 e. The van der Waals surface area contributed by atoms with Gasteiger partial charge in [0.05, 0.1) is 0 Å². The van der Waals surface area contributed by atoms with Crippen molar-refractivity contribution < 1.29 is 4.79 Å². The van der Waals surface area contributed by atoms with Gasteiger partial charge in [0.2, 0.25) is 5.91 Å². The van der Waals surface area contributed by atoms with Crippen LogP contribution in [0, 0.1) is 12.8 Å². The second-order valence-electron chi connectivity index (χ2n) is 8.09. The monoisotopic (exact) mass is 366 g/mol. The molecular weight excluding hydrogens is 336 g/mol. The van der Waals surface area contributed by atoms with Crippen molar-refractivity contribution in [3.63, 3.8) is 0 Å². The van der Waals surface area contributed by atoms with Crippen molar-refractivity contribution in [1.82, 2.24) is 19.4 Å². The van der Waals surface area contributed by atoms with Crippen LogP contribution in [0.5, 0.6) is 0 Å². The lowest BCUT2D eigenvalue weighted by Crippen LogP contribution is -2.48. The number of nitrogens with zero attached hydrogens (tertiary/aromatic N) is 4. The number of aryl methyl sites for hydroxylation is 2. The molecule has 1 amide bonds. The maximum Gasteiger partial charge on any atom is 0.242 e. The van der Waals surface area contributed by atoms with Gasteiger partial charge in [-0.2, -0.15) is 0 Å². The van der Waals surface area contributed by atoms with Crippen molar-refractivity contribution in [1.29, 1.82) is 0 Å². The van der Waals surface area contributed by atoms with Crippen LogP contribution in [-0.2, 0) is 17.8 Å². The van der Waals surface area contributed by atoms with Gasteiger partial charge in [0.1, 0.15) is 12.4 Å². The van der Waals surface area contributed by atoms with E-state index in [0.29, 0.717) is 18.5 Å². The second-order valence-corrected chi connectivity index (χ2v) is 8.09. The third-order valence-corrected chi connectivity index (χ3v) is 6.12. The molecule has 1 aromatic carbocycles. The summed E-state index contributed by atoms with van der Waals surface area (Å²) in [5, 5.41) is 0. The molecule has 5 nitrogen and oxygen atoms in total. The van der Waals surface area contributed by atoms with Gasteiger partial charge in [0, 0.05) is 38.1 Å². The third kappa shape index (κ3) is 4.41. The Morgan fingerprint density at radius 1 is 1.15 bits per heavy atom. The number of imidazole rings is 1. The minimum absolute atomic E-state index is 0.247.